The first-order chi connectivity index (χ1) is 9.06. The van der Waals surface area contributed by atoms with E-state index in [4.69, 9.17) is 16.2 Å². The number of nitrogen functional groups attached to an aromatic ring is 2. The molecule has 5 heteroatoms. The Hall–Kier alpha value is -2.56. The minimum absolute atomic E-state index is 0.0585. The summed E-state index contributed by atoms with van der Waals surface area (Å²) in [5.74, 6) is -0.875. The number of carbonyl (C=O) groups is 1. The molecule has 4 nitrogen and oxygen atoms in total. The average Bonchev–Trinajstić information content (AvgIpc) is 2.37. The molecule has 98 valence electrons. The van der Waals surface area contributed by atoms with Gasteiger partial charge in [0.1, 0.15) is 12.4 Å². The highest BCUT2D eigenvalue weighted by molar-refractivity contribution is 5.95. The summed E-state index contributed by atoms with van der Waals surface area (Å²) >= 11 is 0. The lowest BCUT2D eigenvalue weighted by molar-refractivity contribution is 0.0474. The van der Waals surface area contributed by atoms with E-state index in [1.54, 1.807) is 18.2 Å². The SMILES string of the molecule is Nc1ccc(C(=O)OCc2ccc(F)cc2)c(N)c1. The number of halogens is 1. The largest absolute Gasteiger partial charge is 0.457 e. The van der Waals surface area contributed by atoms with Crippen molar-refractivity contribution in [2.45, 2.75) is 6.61 Å². The Labute approximate surface area is 109 Å². The first-order valence-corrected chi connectivity index (χ1v) is 5.63. The molecule has 0 unspecified atom stereocenters. The summed E-state index contributed by atoms with van der Waals surface area (Å²) in [5.41, 5.74) is 12.9. The van der Waals surface area contributed by atoms with Gasteiger partial charge in [-0.25, -0.2) is 9.18 Å². The predicted molar refractivity (Wildman–Crippen MR) is 70.8 cm³/mol. The third kappa shape index (κ3) is 3.22. The minimum Gasteiger partial charge on any atom is -0.457 e. The van der Waals surface area contributed by atoms with E-state index in [1.165, 1.54) is 24.3 Å². The van der Waals surface area contributed by atoms with Crippen LogP contribution in [0, 0.1) is 5.82 Å². The van der Waals surface area contributed by atoms with Crippen LogP contribution >= 0.6 is 0 Å². The molecule has 2 aromatic rings. The third-order valence-corrected chi connectivity index (χ3v) is 2.58. The van der Waals surface area contributed by atoms with Crippen LogP contribution in [0.5, 0.6) is 0 Å². The molecular weight excluding hydrogens is 247 g/mol. The molecule has 0 aliphatic rings. The van der Waals surface area contributed by atoms with Gasteiger partial charge in [0.05, 0.1) is 5.56 Å². The molecule has 19 heavy (non-hydrogen) atoms. The molecule has 4 N–H and O–H groups in total. The maximum atomic E-state index is 12.7. The van der Waals surface area contributed by atoms with Crippen molar-refractivity contribution in [2.75, 3.05) is 11.5 Å². The lowest BCUT2D eigenvalue weighted by Gasteiger charge is -2.07. The van der Waals surface area contributed by atoms with Crippen molar-refractivity contribution in [3.63, 3.8) is 0 Å². The second-order valence-corrected chi connectivity index (χ2v) is 4.05. The van der Waals surface area contributed by atoms with E-state index in [0.717, 1.165) is 0 Å². The van der Waals surface area contributed by atoms with Crippen molar-refractivity contribution >= 4 is 17.3 Å². The molecule has 0 fully saturated rings. The van der Waals surface area contributed by atoms with E-state index in [2.05, 4.69) is 0 Å². The van der Waals surface area contributed by atoms with Crippen LogP contribution in [0.3, 0.4) is 0 Å². The first-order valence-electron chi connectivity index (χ1n) is 5.63. The van der Waals surface area contributed by atoms with Gasteiger partial charge in [-0.3, -0.25) is 0 Å². The molecule has 0 amide bonds. The van der Waals surface area contributed by atoms with Crippen LogP contribution in [0.15, 0.2) is 42.5 Å². The van der Waals surface area contributed by atoms with E-state index in [0.29, 0.717) is 11.3 Å². The molecule has 0 aliphatic heterocycles. The summed E-state index contributed by atoms with van der Waals surface area (Å²) in [6.07, 6.45) is 0. The van der Waals surface area contributed by atoms with Crippen LogP contribution in [-0.4, -0.2) is 5.97 Å². The van der Waals surface area contributed by atoms with Crippen molar-refractivity contribution in [3.8, 4) is 0 Å². The monoisotopic (exact) mass is 260 g/mol. The molecule has 0 radical (unpaired) electrons. The Morgan fingerprint density at radius 3 is 2.42 bits per heavy atom. The molecule has 2 rings (SSSR count). The van der Waals surface area contributed by atoms with E-state index in [1.807, 2.05) is 0 Å². The van der Waals surface area contributed by atoms with Gasteiger partial charge in [-0.1, -0.05) is 12.1 Å². The molecule has 0 spiro atoms. The minimum atomic E-state index is -0.540. The number of rotatable bonds is 3. The van der Waals surface area contributed by atoms with Gasteiger partial charge < -0.3 is 16.2 Å². The average molecular weight is 260 g/mol. The molecule has 0 aromatic heterocycles. The molecule has 0 aliphatic carbocycles. The Kier molecular flexibility index (Phi) is 3.66. The summed E-state index contributed by atoms with van der Waals surface area (Å²) in [6.45, 7) is 0.0585. The highest BCUT2D eigenvalue weighted by Gasteiger charge is 2.11. The standard InChI is InChI=1S/C14H13FN2O2/c15-10-3-1-9(2-4-10)8-19-14(18)12-6-5-11(16)7-13(12)17/h1-7H,8,16-17H2. The molecule has 0 atom stereocenters. The Morgan fingerprint density at radius 2 is 1.79 bits per heavy atom. The topological polar surface area (TPSA) is 78.3 Å². The highest BCUT2D eigenvalue weighted by atomic mass is 19.1. The fourth-order valence-electron chi connectivity index (χ4n) is 1.57. The van der Waals surface area contributed by atoms with Gasteiger partial charge in [-0.2, -0.15) is 0 Å². The zero-order chi connectivity index (χ0) is 13.8. The van der Waals surface area contributed by atoms with Gasteiger partial charge in [-0.15, -0.1) is 0 Å². The van der Waals surface area contributed by atoms with Crippen LogP contribution in [0.2, 0.25) is 0 Å². The summed E-state index contributed by atoms with van der Waals surface area (Å²) in [7, 11) is 0. The molecule has 2 aromatic carbocycles. The number of benzene rings is 2. The maximum Gasteiger partial charge on any atom is 0.340 e. The van der Waals surface area contributed by atoms with Crippen molar-refractivity contribution in [1.29, 1.82) is 0 Å². The third-order valence-electron chi connectivity index (χ3n) is 2.58. The summed E-state index contributed by atoms with van der Waals surface area (Å²) in [5, 5.41) is 0. The van der Waals surface area contributed by atoms with Crippen molar-refractivity contribution in [1.82, 2.24) is 0 Å². The normalized spacial score (nSPS) is 10.2. The number of anilines is 2. The van der Waals surface area contributed by atoms with E-state index < -0.39 is 5.97 Å². The fraction of sp³-hybridized carbons (Fsp3) is 0.0714. The van der Waals surface area contributed by atoms with E-state index in [-0.39, 0.29) is 23.7 Å². The summed E-state index contributed by atoms with van der Waals surface area (Å²) < 4.78 is 17.8. The fourth-order valence-corrected chi connectivity index (χ4v) is 1.57. The second kappa shape index (κ2) is 5.39. The van der Waals surface area contributed by atoms with Crippen LogP contribution in [-0.2, 0) is 11.3 Å². The molecule has 0 saturated heterocycles. The van der Waals surface area contributed by atoms with Crippen LogP contribution in [0.4, 0.5) is 15.8 Å². The molecular formula is C14H13FN2O2. The zero-order valence-corrected chi connectivity index (χ0v) is 10.1. The van der Waals surface area contributed by atoms with Crippen LogP contribution in [0.1, 0.15) is 15.9 Å². The lowest BCUT2D eigenvalue weighted by atomic mass is 10.1. The van der Waals surface area contributed by atoms with Crippen molar-refractivity contribution in [3.05, 3.63) is 59.4 Å². The number of hydrogen-bond donors (Lipinski definition) is 2. The number of nitrogens with two attached hydrogens (primary N) is 2. The maximum absolute atomic E-state index is 12.7. The van der Waals surface area contributed by atoms with Crippen molar-refractivity contribution in [2.24, 2.45) is 0 Å². The lowest BCUT2D eigenvalue weighted by Crippen LogP contribution is -2.08. The Balaban J connectivity index is 2.03. The quantitative estimate of drug-likeness (QED) is 0.656. The van der Waals surface area contributed by atoms with Crippen LogP contribution in [0.25, 0.3) is 0 Å². The first kappa shape index (κ1) is 12.9. The summed E-state index contributed by atoms with van der Waals surface area (Å²) in [6, 6.07) is 10.3. The second-order valence-electron chi connectivity index (χ2n) is 4.05. The number of ether oxygens (including phenoxy) is 1. The van der Waals surface area contributed by atoms with Gasteiger partial charge in [0.2, 0.25) is 0 Å². The molecule has 0 bridgehead atoms. The highest BCUT2D eigenvalue weighted by Crippen LogP contribution is 2.17. The van der Waals surface area contributed by atoms with Gasteiger partial charge in [0, 0.05) is 11.4 Å². The van der Waals surface area contributed by atoms with E-state index in [9.17, 15) is 9.18 Å². The van der Waals surface area contributed by atoms with Crippen LogP contribution < -0.4 is 11.5 Å². The van der Waals surface area contributed by atoms with E-state index >= 15 is 0 Å². The number of esters is 1. The van der Waals surface area contributed by atoms with Gasteiger partial charge in [-0.05, 0) is 35.9 Å². The predicted octanol–water partition coefficient (Wildman–Crippen LogP) is 2.35. The molecule has 0 saturated carbocycles. The number of hydrogen-bond acceptors (Lipinski definition) is 4. The van der Waals surface area contributed by atoms with Gasteiger partial charge in [0.25, 0.3) is 0 Å². The smallest absolute Gasteiger partial charge is 0.340 e. The zero-order valence-electron chi connectivity index (χ0n) is 10.1. The number of carbonyl (C=O) groups excluding carboxylic acids is 1. The molecule has 0 heterocycles. The van der Waals surface area contributed by atoms with Gasteiger partial charge >= 0.3 is 5.97 Å². The Bertz CT molecular complexity index is 597. The van der Waals surface area contributed by atoms with Gasteiger partial charge in [0.15, 0.2) is 0 Å². The van der Waals surface area contributed by atoms with Crippen molar-refractivity contribution < 1.29 is 13.9 Å². The Morgan fingerprint density at radius 1 is 1.11 bits per heavy atom. The summed E-state index contributed by atoms with van der Waals surface area (Å²) in [4.78, 5) is 11.8.